The third-order valence-electron chi connectivity index (χ3n) is 3.27. The van der Waals surface area contributed by atoms with Gasteiger partial charge in [0.05, 0.1) is 4.75 Å². The first kappa shape index (κ1) is 12.2. The monoisotopic (exact) mass is 217 g/mol. The average molecular weight is 217 g/mol. The zero-order valence-electron chi connectivity index (χ0n) is 9.71. The summed E-state index contributed by atoms with van der Waals surface area (Å²) >= 11 is 0. The van der Waals surface area contributed by atoms with Crippen molar-refractivity contribution in [3.8, 4) is 0 Å². The molecule has 0 bridgehead atoms. The maximum atomic E-state index is 12.3. The molecule has 0 aromatic rings. The summed E-state index contributed by atoms with van der Waals surface area (Å²) in [5.74, 6) is 0. The van der Waals surface area contributed by atoms with Gasteiger partial charge < -0.3 is 0 Å². The molecule has 1 fully saturated rings. The highest BCUT2D eigenvalue weighted by atomic mass is 32.2. The van der Waals surface area contributed by atoms with Crippen molar-refractivity contribution in [2.45, 2.75) is 57.6 Å². The first-order valence-electron chi connectivity index (χ1n) is 5.81. The second-order valence-electron chi connectivity index (χ2n) is 4.37. The van der Waals surface area contributed by atoms with Crippen LogP contribution in [0.15, 0.2) is 0 Å². The van der Waals surface area contributed by atoms with Crippen LogP contribution in [-0.4, -0.2) is 26.4 Å². The minimum Gasteiger partial charge on any atom is -0.242 e. The molecule has 1 aliphatic carbocycles. The van der Waals surface area contributed by atoms with Crippen molar-refractivity contribution < 1.29 is 4.21 Å². The van der Waals surface area contributed by atoms with Crippen LogP contribution >= 0.6 is 0 Å². The van der Waals surface area contributed by atoms with Crippen molar-refractivity contribution in [1.82, 2.24) is 4.31 Å². The van der Waals surface area contributed by atoms with Gasteiger partial charge in [-0.05, 0) is 19.8 Å². The molecule has 0 radical (unpaired) electrons. The molecular weight excluding hydrogens is 194 g/mol. The molecule has 0 N–H and O–H groups in total. The fraction of sp³-hybridized carbons (Fsp3) is 1.00. The van der Waals surface area contributed by atoms with Crippen molar-refractivity contribution in [2.24, 2.45) is 0 Å². The molecule has 0 spiro atoms. The summed E-state index contributed by atoms with van der Waals surface area (Å²) in [6, 6.07) is 0. The Labute approximate surface area is 90.7 Å². The van der Waals surface area contributed by atoms with E-state index in [0.29, 0.717) is 0 Å². The van der Waals surface area contributed by atoms with Gasteiger partial charge in [-0.15, -0.1) is 0 Å². The second-order valence-corrected chi connectivity index (χ2v) is 6.37. The molecule has 1 atom stereocenters. The Hall–Kier alpha value is 0.110. The van der Waals surface area contributed by atoms with Gasteiger partial charge in [0.1, 0.15) is 11.0 Å². The van der Waals surface area contributed by atoms with Gasteiger partial charge in [0, 0.05) is 13.1 Å². The smallest absolute Gasteiger partial charge is 0.100 e. The lowest BCUT2D eigenvalue weighted by Crippen LogP contribution is -2.42. The Kier molecular flexibility index (Phi) is 4.58. The summed E-state index contributed by atoms with van der Waals surface area (Å²) in [7, 11) is -0.777. The van der Waals surface area contributed by atoms with Crippen molar-refractivity contribution >= 4 is 11.0 Å². The lowest BCUT2D eigenvalue weighted by Gasteiger charge is -2.36. The highest BCUT2D eigenvalue weighted by molar-refractivity contribution is 7.84. The van der Waals surface area contributed by atoms with Gasteiger partial charge in [-0.2, -0.15) is 0 Å². The molecule has 1 unspecified atom stereocenters. The van der Waals surface area contributed by atoms with E-state index < -0.39 is 11.0 Å². The van der Waals surface area contributed by atoms with Crippen LogP contribution in [0.25, 0.3) is 0 Å². The van der Waals surface area contributed by atoms with Gasteiger partial charge in [-0.25, -0.2) is 8.51 Å². The Morgan fingerprint density at radius 1 is 1.14 bits per heavy atom. The average Bonchev–Trinajstić information content (AvgIpc) is 2.20. The van der Waals surface area contributed by atoms with Crippen molar-refractivity contribution in [3.05, 3.63) is 0 Å². The molecule has 0 aliphatic heterocycles. The topological polar surface area (TPSA) is 20.3 Å². The van der Waals surface area contributed by atoms with E-state index in [1.165, 1.54) is 19.3 Å². The van der Waals surface area contributed by atoms with Crippen LogP contribution < -0.4 is 0 Å². The van der Waals surface area contributed by atoms with Crippen LogP contribution in [0.5, 0.6) is 0 Å². The summed E-state index contributed by atoms with van der Waals surface area (Å²) in [5, 5.41) is 0. The van der Waals surface area contributed by atoms with Gasteiger partial charge >= 0.3 is 0 Å². The third-order valence-corrected chi connectivity index (χ3v) is 5.51. The zero-order valence-corrected chi connectivity index (χ0v) is 10.5. The lowest BCUT2D eigenvalue weighted by molar-refractivity contribution is 0.383. The molecule has 1 aliphatic rings. The van der Waals surface area contributed by atoms with Gasteiger partial charge in [-0.1, -0.05) is 33.1 Å². The molecule has 0 heterocycles. The molecule has 14 heavy (non-hydrogen) atoms. The van der Waals surface area contributed by atoms with E-state index >= 15 is 0 Å². The predicted molar refractivity (Wildman–Crippen MR) is 62.6 cm³/mol. The van der Waals surface area contributed by atoms with E-state index in [0.717, 1.165) is 25.9 Å². The molecular formula is C11H23NOS. The Morgan fingerprint density at radius 3 is 2.07 bits per heavy atom. The Bertz CT molecular complexity index is 195. The Morgan fingerprint density at radius 2 is 1.64 bits per heavy atom. The first-order chi connectivity index (χ1) is 6.64. The molecule has 0 saturated heterocycles. The zero-order chi connectivity index (χ0) is 10.6. The second kappa shape index (κ2) is 5.26. The van der Waals surface area contributed by atoms with Crippen LogP contribution in [0.2, 0.25) is 0 Å². The number of hydrogen-bond donors (Lipinski definition) is 0. The van der Waals surface area contributed by atoms with Gasteiger partial charge in [0.2, 0.25) is 0 Å². The van der Waals surface area contributed by atoms with E-state index in [2.05, 4.69) is 25.1 Å². The standard InChI is InChI=1S/C11H23NOS/c1-4-12(5-2)14(13)11(3)9-7-6-8-10-11/h4-10H2,1-3H3. The lowest BCUT2D eigenvalue weighted by atomic mass is 9.90. The predicted octanol–water partition coefficient (Wildman–Crippen LogP) is 2.71. The molecule has 0 amide bonds. The summed E-state index contributed by atoms with van der Waals surface area (Å²) in [4.78, 5) is 0. The normalized spacial score (nSPS) is 23.7. The molecule has 1 rings (SSSR count). The fourth-order valence-corrected chi connectivity index (χ4v) is 3.97. The molecule has 0 aromatic carbocycles. The largest absolute Gasteiger partial charge is 0.242 e. The minimum atomic E-state index is -0.777. The first-order valence-corrected chi connectivity index (χ1v) is 6.91. The number of rotatable bonds is 4. The van der Waals surface area contributed by atoms with Crippen LogP contribution in [0.3, 0.4) is 0 Å². The molecule has 3 heteroatoms. The third kappa shape index (κ3) is 2.57. The van der Waals surface area contributed by atoms with Crippen LogP contribution in [0, 0.1) is 0 Å². The van der Waals surface area contributed by atoms with Gasteiger partial charge in [-0.3, -0.25) is 0 Å². The molecule has 0 aromatic heterocycles. The Balaban J connectivity index is 2.64. The number of hydrogen-bond acceptors (Lipinski definition) is 1. The minimum absolute atomic E-state index is 0.0598. The highest BCUT2D eigenvalue weighted by Crippen LogP contribution is 2.34. The van der Waals surface area contributed by atoms with Crippen molar-refractivity contribution in [3.63, 3.8) is 0 Å². The maximum Gasteiger partial charge on any atom is 0.100 e. The fourth-order valence-electron chi connectivity index (χ4n) is 2.24. The van der Waals surface area contributed by atoms with E-state index in [4.69, 9.17) is 0 Å². The number of nitrogens with zero attached hydrogens (tertiary/aromatic N) is 1. The van der Waals surface area contributed by atoms with Crippen molar-refractivity contribution in [2.75, 3.05) is 13.1 Å². The molecule has 2 nitrogen and oxygen atoms in total. The van der Waals surface area contributed by atoms with E-state index in [1.807, 2.05) is 0 Å². The highest BCUT2D eigenvalue weighted by Gasteiger charge is 2.35. The van der Waals surface area contributed by atoms with Crippen LogP contribution in [-0.2, 0) is 11.0 Å². The van der Waals surface area contributed by atoms with E-state index in [1.54, 1.807) is 0 Å². The summed E-state index contributed by atoms with van der Waals surface area (Å²) < 4.78 is 14.5. The van der Waals surface area contributed by atoms with E-state index in [-0.39, 0.29) is 4.75 Å². The maximum absolute atomic E-state index is 12.3. The summed E-state index contributed by atoms with van der Waals surface area (Å²) in [5.41, 5.74) is 0. The van der Waals surface area contributed by atoms with Crippen LogP contribution in [0.1, 0.15) is 52.9 Å². The van der Waals surface area contributed by atoms with E-state index in [9.17, 15) is 4.21 Å². The molecule has 84 valence electrons. The SMILES string of the molecule is CCN(CC)S(=O)C1(C)CCCCC1. The molecule has 1 saturated carbocycles. The summed E-state index contributed by atoms with van der Waals surface area (Å²) in [6.07, 6.45) is 6.10. The summed E-state index contributed by atoms with van der Waals surface area (Å²) in [6.45, 7) is 8.18. The van der Waals surface area contributed by atoms with Gasteiger partial charge in [0.15, 0.2) is 0 Å². The quantitative estimate of drug-likeness (QED) is 0.709. The van der Waals surface area contributed by atoms with Crippen LogP contribution in [0.4, 0.5) is 0 Å². The van der Waals surface area contributed by atoms with Gasteiger partial charge in [0.25, 0.3) is 0 Å². The van der Waals surface area contributed by atoms with Crippen molar-refractivity contribution in [1.29, 1.82) is 0 Å².